The Bertz CT molecular complexity index is 991. The summed E-state index contributed by atoms with van der Waals surface area (Å²) in [6.45, 7) is 5.66. The summed E-state index contributed by atoms with van der Waals surface area (Å²) in [7, 11) is 1.91. The molecule has 0 fully saturated rings. The molecule has 0 unspecified atom stereocenters. The first kappa shape index (κ1) is 17.5. The number of carbonyl (C=O) groups excluding carboxylic acids is 1. The van der Waals surface area contributed by atoms with Crippen molar-refractivity contribution in [3.8, 4) is 0 Å². The molecule has 6 heteroatoms. The minimum absolute atomic E-state index is 0.0285. The maximum atomic E-state index is 12.2. The first-order chi connectivity index (χ1) is 13.0. The maximum Gasteiger partial charge on any atom is 0.226 e. The number of benzene rings is 2. The van der Waals surface area contributed by atoms with Gasteiger partial charge in [-0.1, -0.05) is 31.2 Å². The lowest BCUT2D eigenvalue weighted by Crippen LogP contribution is -2.30. The summed E-state index contributed by atoms with van der Waals surface area (Å²) in [5.41, 5.74) is 6.56. The second kappa shape index (κ2) is 7.02. The molecule has 1 amide bonds. The summed E-state index contributed by atoms with van der Waals surface area (Å²) in [6, 6.07) is 12.5. The molecule has 4 rings (SSSR count). The Hall–Kier alpha value is -2.89. The fraction of sp³-hybridized carbons (Fsp3) is 0.381. The largest absolute Gasteiger partial charge is 0.367 e. The third kappa shape index (κ3) is 3.39. The van der Waals surface area contributed by atoms with E-state index >= 15 is 0 Å². The number of aromatic nitrogens is 3. The lowest BCUT2D eigenvalue weighted by Gasteiger charge is -2.32. The zero-order valence-electron chi connectivity index (χ0n) is 16.1. The van der Waals surface area contributed by atoms with E-state index in [0.29, 0.717) is 0 Å². The Balaban J connectivity index is 1.61. The fourth-order valence-corrected chi connectivity index (χ4v) is 3.66. The van der Waals surface area contributed by atoms with Crippen molar-refractivity contribution in [2.45, 2.75) is 33.2 Å². The van der Waals surface area contributed by atoms with Crippen LogP contribution in [0.3, 0.4) is 0 Å². The van der Waals surface area contributed by atoms with E-state index in [2.05, 4.69) is 44.8 Å². The highest BCUT2D eigenvalue weighted by Crippen LogP contribution is 2.34. The van der Waals surface area contributed by atoms with Crippen LogP contribution in [0.25, 0.3) is 11.0 Å². The van der Waals surface area contributed by atoms with Gasteiger partial charge in [0, 0.05) is 37.4 Å². The molecule has 0 atom stereocenters. The first-order valence-electron chi connectivity index (χ1n) is 9.49. The number of hydrogen-bond acceptors (Lipinski definition) is 4. The van der Waals surface area contributed by atoms with Crippen molar-refractivity contribution in [1.29, 1.82) is 0 Å². The van der Waals surface area contributed by atoms with E-state index in [9.17, 15) is 4.79 Å². The van der Waals surface area contributed by atoms with Crippen molar-refractivity contribution in [2.24, 2.45) is 13.0 Å². The molecule has 3 aromatic rings. The van der Waals surface area contributed by atoms with Crippen molar-refractivity contribution >= 4 is 28.3 Å². The number of fused-ring (bicyclic) bond motifs is 2. The van der Waals surface area contributed by atoms with Gasteiger partial charge in [-0.15, -0.1) is 5.10 Å². The molecule has 0 radical (unpaired) electrons. The van der Waals surface area contributed by atoms with E-state index < -0.39 is 0 Å². The van der Waals surface area contributed by atoms with Gasteiger partial charge in [0.2, 0.25) is 5.91 Å². The van der Waals surface area contributed by atoms with Gasteiger partial charge in [-0.25, -0.2) is 4.68 Å². The molecule has 2 heterocycles. The van der Waals surface area contributed by atoms with Crippen LogP contribution in [0, 0.1) is 5.92 Å². The number of anilines is 2. The lowest BCUT2D eigenvalue weighted by molar-refractivity contribution is -0.118. The molecule has 140 valence electrons. The average Bonchev–Trinajstić information content (AvgIpc) is 3.03. The van der Waals surface area contributed by atoms with Crippen molar-refractivity contribution in [2.75, 3.05) is 16.8 Å². The lowest BCUT2D eigenvalue weighted by atomic mass is 9.98. The van der Waals surface area contributed by atoms with Gasteiger partial charge in [-0.05, 0) is 48.2 Å². The molecule has 27 heavy (non-hydrogen) atoms. The Labute approximate surface area is 159 Å². The SMILES string of the molecule is CC(C)C(=O)Nc1cccc2c1CCCN2Cc1ccc2c(c1)nnn2C. The Morgan fingerprint density at radius 3 is 2.93 bits per heavy atom. The first-order valence-corrected chi connectivity index (χ1v) is 9.49. The van der Waals surface area contributed by atoms with Gasteiger partial charge in [0.25, 0.3) is 0 Å². The van der Waals surface area contributed by atoms with Gasteiger partial charge >= 0.3 is 0 Å². The summed E-state index contributed by atoms with van der Waals surface area (Å²) >= 11 is 0. The number of nitrogens with zero attached hydrogens (tertiary/aromatic N) is 4. The number of rotatable bonds is 4. The molecule has 1 aliphatic rings. The monoisotopic (exact) mass is 363 g/mol. The van der Waals surface area contributed by atoms with E-state index in [1.54, 1.807) is 4.68 Å². The highest BCUT2D eigenvalue weighted by molar-refractivity contribution is 5.93. The zero-order chi connectivity index (χ0) is 19.0. The standard InChI is InChI=1S/C21H25N5O/c1-14(2)21(27)22-17-7-4-8-19-16(17)6-5-11-26(19)13-15-9-10-20-18(12-15)23-24-25(20)3/h4,7-10,12,14H,5-6,11,13H2,1-3H3,(H,22,27). The van der Waals surface area contributed by atoms with E-state index in [1.165, 1.54) is 16.8 Å². The fourth-order valence-electron chi connectivity index (χ4n) is 3.66. The summed E-state index contributed by atoms with van der Waals surface area (Å²) in [4.78, 5) is 14.5. The minimum atomic E-state index is -0.0285. The minimum Gasteiger partial charge on any atom is -0.367 e. The summed E-state index contributed by atoms with van der Waals surface area (Å²) < 4.78 is 1.79. The van der Waals surface area contributed by atoms with Crippen LogP contribution in [0.4, 0.5) is 11.4 Å². The van der Waals surface area contributed by atoms with Gasteiger partial charge in [-0.3, -0.25) is 4.79 Å². The van der Waals surface area contributed by atoms with Crippen molar-refractivity contribution < 1.29 is 4.79 Å². The molecule has 0 spiro atoms. The van der Waals surface area contributed by atoms with Crippen LogP contribution < -0.4 is 10.2 Å². The quantitative estimate of drug-likeness (QED) is 0.770. The molecular weight excluding hydrogens is 338 g/mol. The number of nitrogens with one attached hydrogen (secondary N) is 1. The van der Waals surface area contributed by atoms with Crippen LogP contribution in [0.1, 0.15) is 31.4 Å². The molecular formula is C21H25N5O. The van der Waals surface area contributed by atoms with E-state index in [1.807, 2.05) is 33.0 Å². The van der Waals surface area contributed by atoms with Crippen molar-refractivity contribution in [1.82, 2.24) is 15.0 Å². The molecule has 1 aliphatic heterocycles. The van der Waals surface area contributed by atoms with Gasteiger partial charge in [0.15, 0.2) is 0 Å². The number of carbonyl (C=O) groups is 1. The molecule has 2 aromatic carbocycles. The van der Waals surface area contributed by atoms with Crippen molar-refractivity contribution in [3.05, 3.63) is 47.5 Å². The second-order valence-corrected chi connectivity index (χ2v) is 7.51. The second-order valence-electron chi connectivity index (χ2n) is 7.51. The maximum absolute atomic E-state index is 12.2. The van der Waals surface area contributed by atoms with Gasteiger partial charge in [0.1, 0.15) is 5.52 Å². The summed E-state index contributed by atoms with van der Waals surface area (Å²) in [5, 5.41) is 11.4. The van der Waals surface area contributed by atoms with E-state index in [-0.39, 0.29) is 11.8 Å². The smallest absolute Gasteiger partial charge is 0.226 e. The predicted molar refractivity (Wildman–Crippen MR) is 108 cm³/mol. The van der Waals surface area contributed by atoms with Gasteiger partial charge < -0.3 is 10.2 Å². The number of amides is 1. The zero-order valence-corrected chi connectivity index (χ0v) is 16.1. The third-order valence-corrected chi connectivity index (χ3v) is 5.18. The van der Waals surface area contributed by atoms with Crippen LogP contribution >= 0.6 is 0 Å². The predicted octanol–water partition coefficient (Wildman–Crippen LogP) is 3.52. The molecule has 0 aliphatic carbocycles. The van der Waals surface area contributed by atoms with E-state index in [0.717, 1.165) is 42.7 Å². The topological polar surface area (TPSA) is 63.1 Å². The third-order valence-electron chi connectivity index (χ3n) is 5.18. The Kier molecular flexibility index (Phi) is 4.56. The van der Waals surface area contributed by atoms with Crippen LogP contribution in [0.15, 0.2) is 36.4 Å². The Morgan fingerprint density at radius 1 is 1.26 bits per heavy atom. The molecule has 0 saturated heterocycles. The number of aryl methyl sites for hydroxylation is 1. The van der Waals surface area contributed by atoms with Crippen molar-refractivity contribution in [3.63, 3.8) is 0 Å². The van der Waals surface area contributed by atoms with Crippen LogP contribution in [0.2, 0.25) is 0 Å². The average molecular weight is 363 g/mol. The van der Waals surface area contributed by atoms with Gasteiger partial charge in [0.05, 0.1) is 5.52 Å². The summed E-state index contributed by atoms with van der Waals surface area (Å²) in [5.74, 6) is 0.0351. The van der Waals surface area contributed by atoms with Crippen LogP contribution in [-0.2, 0) is 24.8 Å². The Morgan fingerprint density at radius 2 is 2.11 bits per heavy atom. The highest BCUT2D eigenvalue weighted by Gasteiger charge is 2.21. The summed E-state index contributed by atoms with van der Waals surface area (Å²) in [6.07, 6.45) is 2.07. The normalized spacial score (nSPS) is 13.9. The number of hydrogen-bond donors (Lipinski definition) is 1. The highest BCUT2D eigenvalue weighted by atomic mass is 16.1. The molecule has 0 saturated carbocycles. The molecule has 0 bridgehead atoms. The van der Waals surface area contributed by atoms with Crippen LogP contribution in [0.5, 0.6) is 0 Å². The van der Waals surface area contributed by atoms with Gasteiger partial charge in [-0.2, -0.15) is 0 Å². The molecule has 1 N–H and O–H groups in total. The molecule has 1 aromatic heterocycles. The van der Waals surface area contributed by atoms with E-state index in [4.69, 9.17) is 0 Å². The molecule has 6 nitrogen and oxygen atoms in total. The van der Waals surface area contributed by atoms with Crippen LogP contribution in [-0.4, -0.2) is 27.4 Å².